The summed E-state index contributed by atoms with van der Waals surface area (Å²) in [4.78, 5) is 28.5. The summed E-state index contributed by atoms with van der Waals surface area (Å²) in [6.07, 6.45) is 0. The second-order valence-electron chi connectivity index (χ2n) is 10.4. The summed E-state index contributed by atoms with van der Waals surface area (Å²) in [6.45, 7) is 8.31. The fraction of sp³-hybridized carbons (Fsp3) is 0.310. The van der Waals surface area contributed by atoms with Gasteiger partial charge < -0.3 is 10.2 Å². The Bertz CT molecular complexity index is 1490. The van der Waals surface area contributed by atoms with Crippen molar-refractivity contribution in [1.29, 1.82) is 0 Å². The SMILES string of the molecule is Cc1ccccc1N(CC(=O)N(Cc1ccc(Cl)c(Cl)c1)[C@H](C)C(=O)NC(C)(C)C)S(=O)(=O)c1ccc(Cl)cc1. The number of para-hydroxylation sites is 1. The average Bonchev–Trinajstić information content (AvgIpc) is 2.87. The van der Waals surface area contributed by atoms with E-state index in [0.29, 0.717) is 31.9 Å². The van der Waals surface area contributed by atoms with Gasteiger partial charge in [-0.05, 0) is 88.2 Å². The molecule has 3 aromatic rings. The van der Waals surface area contributed by atoms with Crippen molar-refractivity contribution < 1.29 is 18.0 Å². The summed E-state index contributed by atoms with van der Waals surface area (Å²) in [5.41, 5.74) is 1.07. The van der Waals surface area contributed by atoms with E-state index in [0.717, 1.165) is 4.31 Å². The molecule has 3 rings (SSSR count). The molecule has 0 bridgehead atoms. The molecule has 0 heterocycles. The smallest absolute Gasteiger partial charge is 0.264 e. The summed E-state index contributed by atoms with van der Waals surface area (Å²) in [5.74, 6) is -0.965. The number of rotatable bonds is 9. The quantitative estimate of drug-likeness (QED) is 0.295. The number of carbonyl (C=O) groups is 2. The lowest BCUT2D eigenvalue weighted by atomic mass is 10.1. The highest BCUT2D eigenvalue weighted by Gasteiger charge is 2.34. The van der Waals surface area contributed by atoms with Gasteiger partial charge in [-0.3, -0.25) is 13.9 Å². The summed E-state index contributed by atoms with van der Waals surface area (Å²) in [5, 5.41) is 3.92. The predicted octanol–water partition coefficient (Wildman–Crippen LogP) is 6.48. The minimum atomic E-state index is -4.19. The van der Waals surface area contributed by atoms with E-state index in [2.05, 4.69) is 5.32 Å². The van der Waals surface area contributed by atoms with Gasteiger partial charge in [0.25, 0.3) is 10.0 Å². The lowest BCUT2D eigenvalue weighted by Crippen LogP contribution is -2.54. The first-order valence-corrected chi connectivity index (χ1v) is 15.1. The number of nitrogens with zero attached hydrogens (tertiary/aromatic N) is 2. The van der Waals surface area contributed by atoms with Crippen molar-refractivity contribution in [2.24, 2.45) is 0 Å². The zero-order chi connectivity index (χ0) is 29.8. The molecular weight excluding hydrogens is 593 g/mol. The van der Waals surface area contributed by atoms with Crippen molar-refractivity contribution in [3.8, 4) is 0 Å². The van der Waals surface area contributed by atoms with Gasteiger partial charge in [0.1, 0.15) is 12.6 Å². The monoisotopic (exact) mass is 623 g/mol. The summed E-state index contributed by atoms with van der Waals surface area (Å²) in [7, 11) is -4.19. The fourth-order valence-electron chi connectivity index (χ4n) is 3.98. The molecule has 0 radical (unpaired) electrons. The molecule has 0 aromatic heterocycles. The van der Waals surface area contributed by atoms with Crippen LogP contribution in [0.25, 0.3) is 0 Å². The molecule has 0 saturated heterocycles. The van der Waals surface area contributed by atoms with Crippen LogP contribution in [0.3, 0.4) is 0 Å². The lowest BCUT2D eigenvalue weighted by molar-refractivity contribution is -0.140. The van der Waals surface area contributed by atoms with Crippen molar-refractivity contribution >= 4 is 62.3 Å². The van der Waals surface area contributed by atoms with Crippen molar-refractivity contribution in [3.05, 3.63) is 92.9 Å². The van der Waals surface area contributed by atoms with Gasteiger partial charge in [0.15, 0.2) is 0 Å². The molecule has 1 atom stereocenters. The number of hydrogen-bond acceptors (Lipinski definition) is 4. The Balaban J connectivity index is 2.06. The molecule has 2 amide bonds. The minimum absolute atomic E-state index is 0.00292. The van der Waals surface area contributed by atoms with E-state index in [9.17, 15) is 18.0 Å². The van der Waals surface area contributed by atoms with Crippen LogP contribution in [0.4, 0.5) is 5.69 Å². The van der Waals surface area contributed by atoms with Gasteiger partial charge in [-0.25, -0.2) is 8.42 Å². The van der Waals surface area contributed by atoms with Gasteiger partial charge in [-0.15, -0.1) is 0 Å². The van der Waals surface area contributed by atoms with Gasteiger partial charge >= 0.3 is 0 Å². The fourth-order valence-corrected chi connectivity index (χ4v) is 5.91. The number of sulfonamides is 1. The van der Waals surface area contributed by atoms with Crippen LogP contribution in [0, 0.1) is 6.92 Å². The minimum Gasteiger partial charge on any atom is -0.350 e. The molecule has 7 nitrogen and oxygen atoms in total. The van der Waals surface area contributed by atoms with E-state index in [1.54, 1.807) is 56.3 Å². The molecule has 1 N–H and O–H groups in total. The van der Waals surface area contributed by atoms with Crippen LogP contribution in [0.5, 0.6) is 0 Å². The molecule has 0 saturated carbocycles. The van der Waals surface area contributed by atoms with Crippen molar-refractivity contribution in [1.82, 2.24) is 10.2 Å². The normalized spacial score (nSPS) is 12.5. The van der Waals surface area contributed by atoms with E-state index in [1.165, 1.54) is 29.2 Å². The number of benzene rings is 3. The second kappa shape index (κ2) is 12.8. The topological polar surface area (TPSA) is 86.8 Å². The van der Waals surface area contributed by atoms with Crippen molar-refractivity contribution in [2.45, 2.75) is 57.6 Å². The number of halogens is 3. The number of amides is 2. The highest BCUT2D eigenvalue weighted by Crippen LogP contribution is 2.29. The average molecular weight is 625 g/mol. The van der Waals surface area contributed by atoms with E-state index in [1.807, 2.05) is 20.8 Å². The molecule has 0 aliphatic carbocycles. The number of aryl methyl sites for hydroxylation is 1. The first-order chi connectivity index (χ1) is 18.6. The van der Waals surface area contributed by atoms with Gasteiger partial charge in [-0.1, -0.05) is 59.1 Å². The summed E-state index contributed by atoms with van der Waals surface area (Å²) < 4.78 is 28.8. The second-order valence-corrected chi connectivity index (χ2v) is 13.6. The molecule has 40 heavy (non-hydrogen) atoms. The Morgan fingerprint density at radius 2 is 1.55 bits per heavy atom. The Kier molecular flexibility index (Phi) is 10.2. The highest BCUT2D eigenvalue weighted by molar-refractivity contribution is 7.92. The van der Waals surface area contributed by atoms with Gasteiger partial charge in [0.2, 0.25) is 11.8 Å². The third-order valence-electron chi connectivity index (χ3n) is 6.07. The standard InChI is InChI=1S/C29H32Cl3N3O4S/c1-19-8-6-7-9-26(19)35(40(38,39)23-13-11-22(30)12-14-23)18-27(36)34(20(2)28(37)33-29(3,4)5)17-21-10-15-24(31)25(32)16-21/h6-16,20H,17-18H2,1-5H3,(H,33,37)/t20-/m1/s1. The van der Waals surface area contributed by atoms with Crippen molar-refractivity contribution in [2.75, 3.05) is 10.8 Å². The Morgan fingerprint density at radius 1 is 0.925 bits per heavy atom. The van der Waals surface area contributed by atoms with E-state index >= 15 is 0 Å². The van der Waals surface area contributed by atoms with Crippen LogP contribution in [0.1, 0.15) is 38.8 Å². The molecule has 0 spiro atoms. The number of nitrogens with one attached hydrogen (secondary N) is 1. The Hall–Kier alpha value is -2.78. The zero-order valence-electron chi connectivity index (χ0n) is 22.9. The van der Waals surface area contributed by atoms with Gasteiger partial charge in [-0.2, -0.15) is 0 Å². The van der Waals surface area contributed by atoms with Crippen LogP contribution < -0.4 is 9.62 Å². The Morgan fingerprint density at radius 3 is 2.12 bits per heavy atom. The van der Waals surface area contributed by atoms with E-state index in [-0.39, 0.29) is 17.3 Å². The summed E-state index contributed by atoms with van der Waals surface area (Å²) >= 11 is 18.3. The molecule has 0 unspecified atom stereocenters. The largest absolute Gasteiger partial charge is 0.350 e. The summed E-state index contributed by atoms with van der Waals surface area (Å²) in [6, 6.07) is 16.6. The first kappa shape index (κ1) is 31.7. The van der Waals surface area contributed by atoms with Crippen LogP contribution in [-0.2, 0) is 26.2 Å². The number of carbonyl (C=O) groups excluding carboxylic acids is 2. The number of anilines is 1. The van der Waals surface area contributed by atoms with Crippen LogP contribution in [0.2, 0.25) is 15.1 Å². The van der Waals surface area contributed by atoms with Gasteiger partial charge in [0.05, 0.1) is 20.6 Å². The molecule has 214 valence electrons. The van der Waals surface area contributed by atoms with E-state index < -0.39 is 34.1 Å². The van der Waals surface area contributed by atoms with Gasteiger partial charge in [0, 0.05) is 17.1 Å². The third kappa shape index (κ3) is 7.91. The molecular formula is C29H32Cl3N3O4S. The maximum Gasteiger partial charge on any atom is 0.264 e. The van der Waals surface area contributed by atoms with Crippen LogP contribution in [-0.4, -0.2) is 43.3 Å². The van der Waals surface area contributed by atoms with Crippen LogP contribution in [0.15, 0.2) is 71.6 Å². The molecule has 0 fully saturated rings. The molecule has 11 heteroatoms. The highest BCUT2D eigenvalue weighted by atomic mass is 35.5. The molecule has 0 aliphatic heterocycles. The lowest BCUT2D eigenvalue weighted by Gasteiger charge is -2.34. The predicted molar refractivity (Wildman–Crippen MR) is 162 cm³/mol. The maximum atomic E-state index is 14.0. The maximum absolute atomic E-state index is 14.0. The molecule has 0 aliphatic rings. The molecule has 3 aromatic carbocycles. The zero-order valence-corrected chi connectivity index (χ0v) is 26.0. The van der Waals surface area contributed by atoms with E-state index in [4.69, 9.17) is 34.8 Å². The first-order valence-electron chi connectivity index (χ1n) is 12.5. The number of hydrogen-bond donors (Lipinski definition) is 1. The third-order valence-corrected chi connectivity index (χ3v) is 8.83. The Labute approximate surface area is 251 Å². The van der Waals surface area contributed by atoms with Crippen LogP contribution >= 0.6 is 34.8 Å². The van der Waals surface area contributed by atoms with Crippen molar-refractivity contribution in [3.63, 3.8) is 0 Å².